The number of ketones is 1. The average Bonchev–Trinajstić information content (AvgIpc) is 2.63. The van der Waals surface area contributed by atoms with Crippen LogP contribution in [0.25, 0.3) is 0 Å². The van der Waals surface area contributed by atoms with Gasteiger partial charge in [-0.15, -0.1) is 0 Å². The van der Waals surface area contributed by atoms with E-state index in [-0.39, 0.29) is 35.9 Å². The van der Waals surface area contributed by atoms with E-state index in [1.165, 1.54) is 0 Å². The summed E-state index contributed by atoms with van der Waals surface area (Å²) in [5.41, 5.74) is 2.45. The molecule has 0 radical (unpaired) electrons. The topological polar surface area (TPSA) is 86.6 Å². The molecule has 0 bridgehead atoms. The predicted molar refractivity (Wildman–Crippen MR) is 119 cm³/mol. The fourth-order valence-electron chi connectivity index (χ4n) is 2.44. The van der Waals surface area contributed by atoms with Crippen LogP contribution < -0.4 is 5.32 Å². The molecule has 7 heteroatoms. The van der Waals surface area contributed by atoms with E-state index >= 15 is 0 Å². The van der Waals surface area contributed by atoms with Gasteiger partial charge in [0.2, 0.25) is 0 Å². The third-order valence-electron chi connectivity index (χ3n) is 4.16. The summed E-state index contributed by atoms with van der Waals surface area (Å²) in [5, 5.41) is 20.3. The molecular formula is C22H39NO4SV. The van der Waals surface area contributed by atoms with Gasteiger partial charge in [-0.05, 0) is 47.8 Å². The maximum absolute atomic E-state index is 12.9. The Labute approximate surface area is 190 Å². The third kappa shape index (κ3) is 11.9. The van der Waals surface area contributed by atoms with E-state index in [4.69, 9.17) is 8.78 Å². The van der Waals surface area contributed by atoms with E-state index in [0.29, 0.717) is 5.57 Å². The first-order chi connectivity index (χ1) is 13.4. The molecule has 0 aromatic rings. The van der Waals surface area contributed by atoms with Gasteiger partial charge in [-0.2, -0.15) is 11.8 Å². The Hall–Kier alpha value is -0.656. The Kier molecular flexibility index (Phi) is 16.0. The number of rotatable bonds is 6. The first-order valence-corrected chi connectivity index (χ1v) is 11.7. The molecule has 3 N–H and O–H groups in total. The second-order valence-corrected chi connectivity index (χ2v) is 9.72. The van der Waals surface area contributed by atoms with Crippen LogP contribution in [0.5, 0.6) is 0 Å². The van der Waals surface area contributed by atoms with E-state index in [1.54, 1.807) is 24.9 Å². The number of hydrogen-bond donors (Lipinski definition) is 3. The van der Waals surface area contributed by atoms with Crippen LogP contribution in [0.15, 0.2) is 35.1 Å². The molecule has 1 aliphatic carbocycles. The van der Waals surface area contributed by atoms with Crippen molar-refractivity contribution in [2.45, 2.75) is 60.9 Å². The van der Waals surface area contributed by atoms with Crippen molar-refractivity contribution in [2.24, 2.45) is 10.8 Å². The Morgan fingerprint density at radius 1 is 1.10 bits per heavy atom. The van der Waals surface area contributed by atoms with Gasteiger partial charge in [0.05, 0.1) is 6.61 Å². The fourth-order valence-corrected chi connectivity index (χ4v) is 2.96. The molecule has 0 saturated heterocycles. The number of aliphatic hydroxyl groups is 2. The molecule has 0 unspecified atom stereocenters. The summed E-state index contributed by atoms with van der Waals surface area (Å²) < 4.78 is 8.19. The number of carbonyl (C=O) groups excluding carboxylic acids is 1. The summed E-state index contributed by atoms with van der Waals surface area (Å²) >= 11 is 2.82. The van der Waals surface area contributed by atoms with Gasteiger partial charge in [0.25, 0.3) is 0 Å². The molecular weight excluding hydrogens is 425 g/mol. The van der Waals surface area contributed by atoms with Crippen LogP contribution in [0.3, 0.4) is 0 Å². The number of aliphatic hydroxyl groups excluding tert-OH is 2. The van der Waals surface area contributed by atoms with Crippen LogP contribution in [-0.2, 0) is 25.8 Å². The van der Waals surface area contributed by atoms with Crippen molar-refractivity contribution < 1.29 is 36.1 Å². The Bertz CT molecular complexity index is 587. The normalized spacial score (nSPS) is 16.6. The zero-order valence-corrected chi connectivity index (χ0v) is 21.4. The number of Topliss-reactive ketones (excluding diaryl/α,β-unsaturated/α-hetero) is 1. The van der Waals surface area contributed by atoms with Crippen molar-refractivity contribution in [3.8, 4) is 0 Å². The standard InChI is InChI=1S/C20H33NO2S.C2H6O.O.V/c1-19(2,3)15-10-14(12-21-16(13-22)8-9-24-7)18(23)17(11-15)20(4,5)6;1-2-3;;/h10-12,16,21-22H,8-9,13H2,1-7H3;3H,2H2,1H3;;/b14-12-;;;/t16-;;;/m0.../s1. The second kappa shape index (κ2) is 15.2. The fraction of sp³-hybridized carbons (Fsp3) is 0.682. The Balaban J connectivity index is 0. The van der Waals surface area contributed by atoms with Crippen LogP contribution >= 0.6 is 11.8 Å². The Morgan fingerprint density at radius 2 is 1.62 bits per heavy atom. The summed E-state index contributed by atoms with van der Waals surface area (Å²) in [7, 11) is 0. The molecule has 1 rings (SSSR count). The molecule has 0 aromatic carbocycles. The molecule has 0 aromatic heterocycles. The van der Waals surface area contributed by atoms with E-state index in [9.17, 15) is 9.90 Å². The van der Waals surface area contributed by atoms with Gasteiger partial charge in [0.15, 0.2) is 5.78 Å². The molecule has 0 heterocycles. The van der Waals surface area contributed by atoms with Crippen LogP contribution in [0.2, 0.25) is 0 Å². The first kappa shape index (κ1) is 30.5. The summed E-state index contributed by atoms with van der Waals surface area (Å²) in [5.74, 6) is 1.05. The van der Waals surface area contributed by atoms with Crippen LogP contribution in [-0.4, -0.2) is 47.3 Å². The summed E-state index contributed by atoms with van der Waals surface area (Å²) in [6.45, 7) is 14.7. The van der Waals surface area contributed by atoms with Crippen LogP contribution in [0.4, 0.5) is 0 Å². The summed E-state index contributed by atoms with van der Waals surface area (Å²) in [6, 6.07) is -0.0202. The van der Waals surface area contributed by atoms with E-state index in [1.807, 2.05) is 6.08 Å². The SMILES string of the molecule is CCO.CSCC[C@@H](CO)N/C=C1/C=C(C(C)(C)C)C=C(C(C)(C)C)C1=O.[O]=[V]. The molecule has 0 amide bonds. The molecule has 0 spiro atoms. The van der Waals surface area contributed by atoms with Crippen molar-refractivity contribution in [3.05, 3.63) is 35.1 Å². The molecule has 0 aliphatic heterocycles. The third-order valence-corrected chi connectivity index (χ3v) is 4.80. The molecule has 1 atom stereocenters. The quantitative estimate of drug-likeness (QED) is 0.516. The second-order valence-electron chi connectivity index (χ2n) is 8.73. The van der Waals surface area contributed by atoms with Crippen LogP contribution in [0.1, 0.15) is 54.9 Å². The molecule has 29 heavy (non-hydrogen) atoms. The van der Waals surface area contributed by atoms with Crippen LogP contribution in [0, 0.1) is 10.8 Å². The van der Waals surface area contributed by atoms with Crippen molar-refractivity contribution in [2.75, 3.05) is 25.2 Å². The van der Waals surface area contributed by atoms with Crippen molar-refractivity contribution in [3.63, 3.8) is 0 Å². The minimum atomic E-state index is -0.198. The molecule has 1 aliphatic rings. The molecule has 0 fully saturated rings. The van der Waals surface area contributed by atoms with Gasteiger partial charge >= 0.3 is 21.0 Å². The van der Waals surface area contributed by atoms with E-state index < -0.39 is 0 Å². The van der Waals surface area contributed by atoms with Gasteiger partial charge in [0, 0.05) is 30.0 Å². The van der Waals surface area contributed by atoms with Crippen molar-refractivity contribution >= 4 is 17.5 Å². The minimum absolute atomic E-state index is 0.0202. The zero-order chi connectivity index (χ0) is 23.3. The molecule has 5 nitrogen and oxygen atoms in total. The summed E-state index contributed by atoms with van der Waals surface area (Å²) in [4.78, 5) is 12.9. The first-order valence-electron chi connectivity index (χ1n) is 9.76. The number of hydrogen-bond acceptors (Lipinski definition) is 6. The number of thioether (sulfide) groups is 1. The predicted octanol–water partition coefficient (Wildman–Crippen LogP) is 3.98. The number of nitrogens with one attached hydrogen (secondary N) is 1. The van der Waals surface area contributed by atoms with Gasteiger partial charge in [-0.1, -0.05) is 47.6 Å². The Morgan fingerprint density at radius 3 is 2.00 bits per heavy atom. The van der Waals surface area contributed by atoms with Gasteiger partial charge < -0.3 is 15.5 Å². The monoisotopic (exact) mass is 464 g/mol. The zero-order valence-electron chi connectivity index (χ0n) is 19.2. The van der Waals surface area contributed by atoms with Gasteiger partial charge in [-0.25, -0.2) is 0 Å². The van der Waals surface area contributed by atoms with Crippen molar-refractivity contribution in [1.82, 2.24) is 5.32 Å². The molecule has 0 saturated carbocycles. The summed E-state index contributed by atoms with van der Waals surface area (Å²) in [6.07, 6.45) is 8.74. The maximum atomic E-state index is 12.9. The number of carbonyl (C=O) groups is 1. The number of allylic oxidation sites excluding steroid dienone is 5. The average molecular weight is 465 g/mol. The van der Waals surface area contributed by atoms with E-state index in [2.05, 4.69) is 59.2 Å². The van der Waals surface area contributed by atoms with Gasteiger partial charge in [-0.3, -0.25) is 4.79 Å². The van der Waals surface area contributed by atoms with Crippen molar-refractivity contribution in [1.29, 1.82) is 0 Å². The van der Waals surface area contributed by atoms with E-state index in [0.717, 1.165) is 40.7 Å². The molecule has 167 valence electrons. The van der Waals surface area contributed by atoms with Gasteiger partial charge in [0.1, 0.15) is 0 Å².